The van der Waals surface area contributed by atoms with E-state index >= 15 is 0 Å². The van der Waals surface area contributed by atoms with Crippen LogP contribution in [-0.2, 0) is 13.0 Å². The van der Waals surface area contributed by atoms with Crippen LogP contribution < -0.4 is 4.74 Å². The van der Waals surface area contributed by atoms with E-state index < -0.39 is 5.97 Å². The third-order valence-corrected chi connectivity index (χ3v) is 8.29. The van der Waals surface area contributed by atoms with E-state index in [1.807, 2.05) is 23.9 Å². The van der Waals surface area contributed by atoms with E-state index in [1.54, 1.807) is 12.1 Å². The predicted molar refractivity (Wildman–Crippen MR) is 138 cm³/mol. The largest absolute Gasteiger partial charge is 0.489 e. The first-order chi connectivity index (χ1) is 16.7. The fourth-order valence-corrected chi connectivity index (χ4v) is 6.48. The van der Waals surface area contributed by atoms with Crippen molar-refractivity contribution in [3.63, 3.8) is 0 Å². The summed E-state index contributed by atoms with van der Waals surface area (Å²) in [5.41, 5.74) is 5.24. The Hall–Kier alpha value is -2.76. The third-order valence-electron chi connectivity index (χ3n) is 7.03. The van der Waals surface area contributed by atoms with E-state index in [4.69, 9.17) is 4.74 Å². The summed E-state index contributed by atoms with van der Waals surface area (Å²) in [6.07, 6.45) is 3.72. The van der Waals surface area contributed by atoms with Crippen molar-refractivity contribution in [3.8, 4) is 5.75 Å². The minimum atomic E-state index is -0.923. The molecule has 3 aromatic carbocycles. The molecule has 3 aromatic rings. The molecule has 0 spiro atoms. The minimum absolute atomic E-state index is 0.146. The Bertz CT molecular complexity index is 1130. The van der Waals surface area contributed by atoms with Gasteiger partial charge in [0.1, 0.15) is 12.4 Å². The van der Waals surface area contributed by atoms with Gasteiger partial charge < -0.3 is 14.7 Å². The molecule has 0 radical (unpaired) electrons. The molecule has 5 rings (SSSR count). The molecule has 1 N–H and O–H groups in total. The number of carboxylic acid groups (broad SMARTS) is 1. The lowest BCUT2D eigenvalue weighted by atomic mass is 9.90. The Morgan fingerprint density at radius 1 is 0.971 bits per heavy atom. The van der Waals surface area contributed by atoms with E-state index in [9.17, 15) is 9.90 Å². The van der Waals surface area contributed by atoms with Gasteiger partial charge in [-0.1, -0.05) is 60.7 Å². The molecule has 176 valence electrons. The number of likely N-dealkylation sites (tertiary alicyclic amines) is 1. The molecular formula is C29H31NO3S. The first kappa shape index (κ1) is 23.0. The average Bonchev–Trinajstić information content (AvgIpc) is 3.02. The normalized spacial score (nSPS) is 18.4. The van der Waals surface area contributed by atoms with Gasteiger partial charge in [0.15, 0.2) is 0 Å². The summed E-state index contributed by atoms with van der Waals surface area (Å²) in [6.45, 7) is 3.88. The summed E-state index contributed by atoms with van der Waals surface area (Å²) in [6, 6.07) is 24.6. The van der Waals surface area contributed by atoms with E-state index in [2.05, 4.69) is 53.4 Å². The smallest absolute Gasteiger partial charge is 0.335 e. The zero-order valence-corrected chi connectivity index (χ0v) is 20.2. The number of benzene rings is 3. The van der Waals surface area contributed by atoms with E-state index in [1.165, 1.54) is 49.0 Å². The molecule has 4 nitrogen and oxygen atoms in total. The van der Waals surface area contributed by atoms with Gasteiger partial charge in [-0.2, -0.15) is 0 Å². The molecular weight excluding hydrogens is 442 g/mol. The molecule has 0 amide bonds. The van der Waals surface area contributed by atoms with Gasteiger partial charge in [-0.05, 0) is 67.1 Å². The number of hydrogen-bond acceptors (Lipinski definition) is 4. The molecule has 1 unspecified atom stereocenters. The highest BCUT2D eigenvalue weighted by Crippen LogP contribution is 2.44. The first-order valence-corrected chi connectivity index (χ1v) is 13.2. The van der Waals surface area contributed by atoms with Crippen molar-refractivity contribution in [1.29, 1.82) is 0 Å². The Labute approximate surface area is 206 Å². The van der Waals surface area contributed by atoms with E-state index in [-0.39, 0.29) is 10.8 Å². The van der Waals surface area contributed by atoms with Gasteiger partial charge in [0.2, 0.25) is 0 Å². The Morgan fingerprint density at radius 3 is 2.53 bits per heavy atom. The highest BCUT2D eigenvalue weighted by molar-refractivity contribution is 7.99. The third kappa shape index (κ3) is 5.31. The lowest BCUT2D eigenvalue weighted by molar-refractivity contribution is 0.0696. The zero-order valence-electron chi connectivity index (χ0n) is 19.4. The molecule has 34 heavy (non-hydrogen) atoms. The van der Waals surface area contributed by atoms with Crippen LogP contribution in [0.4, 0.5) is 0 Å². The Morgan fingerprint density at radius 2 is 1.74 bits per heavy atom. The van der Waals surface area contributed by atoms with E-state index in [0.29, 0.717) is 12.4 Å². The van der Waals surface area contributed by atoms with Crippen molar-refractivity contribution in [2.24, 2.45) is 5.92 Å². The molecule has 5 heteroatoms. The van der Waals surface area contributed by atoms with Gasteiger partial charge in [-0.3, -0.25) is 0 Å². The maximum atomic E-state index is 11.5. The highest BCUT2D eigenvalue weighted by Gasteiger charge is 2.26. The highest BCUT2D eigenvalue weighted by atomic mass is 32.2. The number of piperidine rings is 1. The van der Waals surface area contributed by atoms with Crippen LogP contribution >= 0.6 is 11.8 Å². The number of carboxylic acids is 1. The van der Waals surface area contributed by atoms with Gasteiger partial charge >= 0.3 is 5.97 Å². The Balaban J connectivity index is 1.22. The minimum Gasteiger partial charge on any atom is -0.489 e. The summed E-state index contributed by atoms with van der Waals surface area (Å²) >= 11 is 1.94. The monoisotopic (exact) mass is 473 g/mol. The van der Waals surface area contributed by atoms with Gasteiger partial charge in [-0.25, -0.2) is 4.79 Å². The van der Waals surface area contributed by atoms with Gasteiger partial charge in [0.25, 0.3) is 0 Å². The number of carbonyl (C=O) groups is 1. The lowest BCUT2D eigenvalue weighted by Gasteiger charge is -2.32. The van der Waals surface area contributed by atoms with Gasteiger partial charge in [0, 0.05) is 17.9 Å². The molecule has 0 saturated carbocycles. The summed E-state index contributed by atoms with van der Waals surface area (Å²) in [7, 11) is 0. The average molecular weight is 474 g/mol. The number of thioether (sulfide) groups is 1. The topological polar surface area (TPSA) is 49.8 Å². The van der Waals surface area contributed by atoms with Crippen LogP contribution in [0.3, 0.4) is 0 Å². The second kappa shape index (κ2) is 10.7. The fraction of sp³-hybridized carbons (Fsp3) is 0.345. The fourth-order valence-electron chi connectivity index (χ4n) is 5.09. The maximum Gasteiger partial charge on any atom is 0.335 e. The number of hydrogen-bond donors (Lipinski definition) is 1. The summed E-state index contributed by atoms with van der Waals surface area (Å²) in [4.78, 5) is 14.1. The molecule has 0 aromatic heterocycles. The van der Waals surface area contributed by atoms with Crippen molar-refractivity contribution >= 4 is 17.7 Å². The van der Waals surface area contributed by atoms with Crippen molar-refractivity contribution < 1.29 is 14.6 Å². The maximum absolute atomic E-state index is 11.5. The van der Waals surface area contributed by atoms with Crippen LogP contribution in [-0.4, -0.2) is 41.4 Å². The number of ether oxygens (including phenoxy) is 1. The summed E-state index contributed by atoms with van der Waals surface area (Å²) < 4.78 is 6.07. The second-order valence-electron chi connectivity index (χ2n) is 9.27. The van der Waals surface area contributed by atoms with E-state index in [0.717, 1.165) is 23.8 Å². The first-order valence-electron chi connectivity index (χ1n) is 12.1. The molecule has 2 aliphatic heterocycles. The number of fused-ring (bicyclic) bond motifs is 2. The van der Waals surface area contributed by atoms with Crippen LogP contribution in [0.15, 0.2) is 72.8 Å². The molecule has 2 aliphatic rings. The van der Waals surface area contributed by atoms with Crippen LogP contribution in [0, 0.1) is 5.92 Å². The van der Waals surface area contributed by atoms with Crippen molar-refractivity contribution in [2.45, 2.75) is 31.1 Å². The van der Waals surface area contributed by atoms with Gasteiger partial charge in [-0.15, -0.1) is 11.8 Å². The van der Waals surface area contributed by atoms with Crippen molar-refractivity contribution in [3.05, 3.63) is 101 Å². The standard InChI is InChI=1S/C29H31NO3S/c31-29(32)23-10-11-26-27(19-23)33-20-24-8-4-5-9-25(24)28(26)34-17-16-30-14-12-22(13-15-30)18-21-6-2-1-3-7-21/h1-11,19,22,28H,12-18,20H2,(H,31,32). The van der Waals surface area contributed by atoms with Crippen LogP contribution in [0.25, 0.3) is 0 Å². The van der Waals surface area contributed by atoms with Crippen LogP contribution in [0.2, 0.25) is 0 Å². The lowest BCUT2D eigenvalue weighted by Crippen LogP contribution is -2.35. The molecule has 1 atom stereocenters. The zero-order chi connectivity index (χ0) is 23.3. The van der Waals surface area contributed by atoms with Crippen molar-refractivity contribution in [2.75, 3.05) is 25.4 Å². The SMILES string of the molecule is O=C(O)c1ccc2c(c1)OCc1ccccc1C2SCCN1CCC(Cc2ccccc2)CC1. The number of rotatable bonds is 7. The number of nitrogens with zero attached hydrogens (tertiary/aromatic N) is 1. The Kier molecular flexibility index (Phi) is 7.21. The summed E-state index contributed by atoms with van der Waals surface area (Å²) in [5, 5.41) is 9.56. The molecule has 1 saturated heterocycles. The molecule has 1 fully saturated rings. The number of aromatic carboxylic acids is 1. The van der Waals surface area contributed by atoms with Crippen LogP contribution in [0.5, 0.6) is 5.75 Å². The quantitative estimate of drug-likeness (QED) is 0.452. The van der Waals surface area contributed by atoms with Crippen molar-refractivity contribution in [1.82, 2.24) is 4.90 Å². The summed E-state index contributed by atoms with van der Waals surface area (Å²) in [5.74, 6) is 1.58. The predicted octanol–water partition coefficient (Wildman–Crippen LogP) is 6.05. The molecule has 0 bridgehead atoms. The molecule has 0 aliphatic carbocycles. The second-order valence-corrected chi connectivity index (χ2v) is 10.5. The molecule has 2 heterocycles. The van der Waals surface area contributed by atoms with Gasteiger partial charge in [0.05, 0.1) is 10.8 Å². The van der Waals surface area contributed by atoms with Crippen LogP contribution in [0.1, 0.15) is 50.7 Å².